The van der Waals surface area contributed by atoms with Crippen LogP contribution >= 0.6 is 15.9 Å². The Morgan fingerprint density at radius 2 is 1.95 bits per heavy atom. The number of hydrogen-bond acceptors (Lipinski definition) is 2. The van der Waals surface area contributed by atoms with Gasteiger partial charge in [0.25, 0.3) is 0 Å². The van der Waals surface area contributed by atoms with E-state index in [-0.39, 0.29) is 5.69 Å². The van der Waals surface area contributed by atoms with Gasteiger partial charge in [-0.1, -0.05) is 15.9 Å². The Balaban J connectivity index is 2.30. The molecular weight excluding hydrogens is 330 g/mol. The van der Waals surface area contributed by atoms with Crippen molar-refractivity contribution in [1.82, 2.24) is 9.38 Å². The summed E-state index contributed by atoms with van der Waals surface area (Å²) in [5, 5.41) is 0. The van der Waals surface area contributed by atoms with Gasteiger partial charge in [-0.05, 0) is 30.3 Å². The van der Waals surface area contributed by atoms with Crippen LogP contribution in [0.4, 0.5) is 8.78 Å². The summed E-state index contributed by atoms with van der Waals surface area (Å²) in [7, 11) is 0. The van der Waals surface area contributed by atoms with Crippen LogP contribution in [-0.2, 0) is 0 Å². The molecule has 100 valence electrons. The van der Waals surface area contributed by atoms with Gasteiger partial charge in [0.1, 0.15) is 11.5 Å². The first-order chi connectivity index (χ1) is 9.60. The first kappa shape index (κ1) is 12.9. The van der Waals surface area contributed by atoms with Crippen molar-refractivity contribution in [3.8, 4) is 11.4 Å². The number of aromatic nitrogens is 2. The van der Waals surface area contributed by atoms with Gasteiger partial charge in [-0.2, -0.15) is 0 Å². The van der Waals surface area contributed by atoms with Crippen molar-refractivity contribution in [2.24, 2.45) is 0 Å². The number of pyridine rings is 1. The second kappa shape index (κ2) is 4.79. The van der Waals surface area contributed by atoms with Gasteiger partial charge >= 0.3 is 0 Å². The summed E-state index contributed by atoms with van der Waals surface area (Å²) in [5.74, 6) is -1.49. The molecule has 1 aromatic carbocycles. The summed E-state index contributed by atoms with van der Waals surface area (Å²) in [6.45, 7) is 0. The third-order valence-corrected chi connectivity index (χ3v) is 3.42. The zero-order valence-electron chi connectivity index (χ0n) is 9.98. The lowest BCUT2D eigenvalue weighted by atomic mass is 10.2. The molecule has 2 aromatic heterocycles. The van der Waals surface area contributed by atoms with E-state index in [2.05, 4.69) is 20.9 Å². The van der Waals surface area contributed by atoms with Crippen LogP contribution in [0.2, 0.25) is 0 Å². The lowest BCUT2D eigenvalue weighted by molar-refractivity contribution is 0.112. The van der Waals surface area contributed by atoms with Gasteiger partial charge in [-0.3, -0.25) is 9.20 Å². The molecule has 0 aliphatic carbocycles. The van der Waals surface area contributed by atoms with E-state index < -0.39 is 11.6 Å². The van der Waals surface area contributed by atoms with Crippen molar-refractivity contribution in [3.05, 3.63) is 58.3 Å². The van der Waals surface area contributed by atoms with E-state index in [9.17, 15) is 13.6 Å². The lowest BCUT2D eigenvalue weighted by Crippen LogP contribution is -1.91. The topological polar surface area (TPSA) is 34.4 Å². The molecule has 0 aliphatic rings. The third-order valence-electron chi connectivity index (χ3n) is 2.92. The SMILES string of the molecule is O=Cc1nc(-c2ccc(F)c(F)c2)n2ccc(Br)cc12. The average Bonchev–Trinajstić information content (AvgIpc) is 2.79. The highest BCUT2D eigenvalue weighted by Gasteiger charge is 2.14. The fraction of sp³-hybridized carbons (Fsp3) is 0. The number of fused-ring (bicyclic) bond motifs is 1. The minimum atomic E-state index is -0.955. The fourth-order valence-electron chi connectivity index (χ4n) is 2.01. The van der Waals surface area contributed by atoms with Gasteiger partial charge in [0, 0.05) is 16.2 Å². The molecule has 0 saturated heterocycles. The average molecular weight is 337 g/mol. The van der Waals surface area contributed by atoms with Gasteiger partial charge in [0.2, 0.25) is 0 Å². The maximum Gasteiger partial charge on any atom is 0.170 e. The highest BCUT2D eigenvalue weighted by atomic mass is 79.9. The van der Waals surface area contributed by atoms with E-state index >= 15 is 0 Å². The van der Waals surface area contributed by atoms with Crippen molar-refractivity contribution in [1.29, 1.82) is 0 Å². The molecule has 0 unspecified atom stereocenters. The molecule has 3 rings (SSSR count). The number of halogens is 3. The Kier molecular flexibility index (Phi) is 3.10. The molecular formula is C14H7BrF2N2O. The van der Waals surface area contributed by atoms with Crippen LogP contribution in [0.3, 0.4) is 0 Å². The molecule has 0 N–H and O–H groups in total. The minimum absolute atomic E-state index is 0.242. The van der Waals surface area contributed by atoms with Crippen LogP contribution < -0.4 is 0 Å². The van der Waals surface area contributed by atoms with Crippen molar-refractivity contribution < 1.29 is 13.6 Å². The quantitative estimate of drug-likeness (QED) is 0.666. The molecule has 0 amide bonds. The number of carbonyl (C=O) groups excluding carboxylic acids is 1. The van der Waals surface area contributed by atoms with Crippen molar-refractivity contribution >= 4 is 27.7 Å². The van der Waals surface area contributed by atoms with Crippen molar-refractivity contribution in [3.63, 3.8) is 0 Å². The molecule has 0 spiro atoms. The first-order valence-electron chi connectivity index (χ1n) is 5.68. The molecule has 0 aliphatic heterocycles. The molecule has 2 heterocycles. The summed E-state index contributed by atoms with van der Waals surface area (Å²) in [6, 6.07) is 7.02. The Morgan fingerprint density at radius 1 is 1.15 bits per heavy atom. The van der Waals surface area contributed by atoms with Crippen molar-refractivity contribution in [2.75, 3.05) is 0 Å². The van der Waals surface area contributed by atoms with Gasteiger partial charge in [0.15, 0.2) is 17.9 Å². The third kappa shape index (κ3) is 2.02. The second-order valence-corrected chi connectivity index (χ2v) is 5.08. The van der Waals surface area contributed by atoms with E-state index in [4.69, 9.17) is 0 Å². The molecule has 0 saturated carbocycles. The maximum absolute atomic E-state index is 13.3. The van der Waals surface area contributed by atoms with Gasteiger partial charge in [-0.15, -0.1) is 0 Å². The number of aldehydes is 1. The second-order valence-electron chi connectivity index (χ2n) is 4.17. The first-order valence-corrected chi connectivity index (χ1v) is 6.47. The molecule has 0 bridgehead atoms. The van der Waals surface area contributed by atoms with Crippen LogP contribution in [0.25, 0.3) is 16.9 Å². The Bertz CT molecular complexity index is 829. The van der Waals surface area contributed by atoms with Crippen LogP contribution in [0.1, 0.15) is 10.5 Å². The summed E-state index contributed by atoms with van der Waals surface area (Å²) < 4.78 is 28.8. The Morgan fingerprint density at radius 3 is 2.65 bits per heavy atom. The number of carbonyl (C=O) groups is 1. The van der Waals surface area contributed by atoms with Crippen LogP contribution in [-0.4, -0.2) is 15.7 Å². The zero-order valence-corrected chi connectivity index (χ0v) is 11.6. The van der Waals surface area contributed by atoms with E-state index in [0.717, 1.165) is 16.6 Å². The number of rotatable bonds is 2. The highest BCUT2D eigenvalue weighted by molar-refractivity contribution is 9.10. The maximum atomic E-state index is 13.3. The number of hydrogen-bond donors (Lipinski definition) is 0. The molecule has 0 fully saturated rings. The normalized spacial score (nSPS) is 10.9. The van der Waals surface area contributed by atoms with E-state index in [1.165, 1.54) is 6.07 Å². The highest BCUT2D eigenvalue weighted by Crippen LogP contribution is 2.25. The zero-order chi connectivity index (χ0) is 14.3. The summed E-state index contributed by atoms with van der Waals surface area (Å²) in [4.78, 5) is 15.2. The molecule has 3 nitrogen and oxygen atoms in total. The van der Waals surface area contributed by atoms with Crippen LogP contribution in [0.5, 0.6) is 0 Å². The fourth-order valence-corrected chi connectivity index (χ4v) is 2.34. The Hall–Kier alpha value is -2.08. The molecule has 0 atom stereocenters. The van der Waals surface area contributed by atoms with E-state index in [1.54, 1.807) is 22.7 Å². The molecule has 3 aromatic rings. The largest absolute Gasteiger partial charge is 0.299 e. The number of nitrogens with zero attached hydrogens (tertiary/aromatic N) is 2. The smallest absolute Gasteiger partial charge is 0.170 e. The Labute approximate surface area is 121 Å². The van der Waals surface area contributed by atoms with E-state index in [1.807, 2.05) is 0 Å². The number of benzene rings is 1. The van der Waals surface area contributed by atoms with Gasteiger partial charge < -0.3 is 0 Å². The standard InChI is InChI=1S/C14H7BrF2N2O/c15-9-3-4-19-13(6-9)12(7-20)18-14(19)8-1-2-10(16)11(17)5-8/h1-7H. The monoisotopic (exact) mass is 336 g/mol. The van der Waals surface area contributed by atoms with Crippen LogP contribution in [0.15, 0.2) is 41.0 Å². The van der Waals surface area contributed by atoms with Gasteiger partial charge in [0.05, 0.1) is 5.52 Å². The molecule has 20 heavy (non-hydrogen) atoms. The van der Waals surface area contributed by atoms with Crippen LogP contribution in [0, 0.1) is 11.6 Å². The summed E-state index contributed by atoms with van der Waals surface area (Å²) >= 11 is 3.32. The lowest BCUT2D eigenvalue weighted by Gasteiger charge is -2.02. The van der Waals surface area contributed by atoms with Crippen molar-refractivity contribution in [2.45, 2.75) is 0 Å². The number of imidazole rings is 1. The molecule has 6 heteroatoms. The summed E-state index contributed by atoms with van der Waals surface area (Å²) in [6.07, 6.45) is 2.33. The predicted molar refractivity (Wildman–Crippen MR) is 73.6 cm³/mol. The van der Waals surface area contributed by atoms with E-state index in [0.29, 0.717) is 23.2 Å². The predicted octanol–water partition coefficient (Wildman–Crippen LogP) is 3.85. The van der Waals surface area contributed by atoms with Gasteiger partial charge in [-0.25, -0.2) is 13.8 Å². The summed E-state index contributed by atoms with van der Waals surface area (Å²) in [5.41, 5.74) is 1.23. The molecule has 0 radical (unpaired) electrons. The minimum Gasteiger partial charge on any atom is -0.299 e.